The van der Waals surface area contributed by atoms with Gasteiger partial charge < -0.3 is 24.7 Å². The van der Waals surface area contributed by atoms with Crippen molar-refractivity contribution in [1.29, 1.82) is 0 Å². The van der Waals surface area contributed by atoms with Crippen molar-refractivity contribution >= 4 is 23.7 Å². The summed E-state index contributed by atoms with van der Waals surface area (Å²) < 4.78 is 43.5. The number of ether oxygens (including phenoxy) is 4. The number of primary amides is 1. The maximum Gasteiger partial charge on any atom is 0.387 e. The fraction of sp³-hybridized carbons (Fsp3) is 0.200. The predicted molar refractivity (Wildman–Crippen MR) is 104 cm³/mol. The predicted octanol–water partition coefficient (Wildman–Crippen LogP) is 1.27. The number of methoxy groups -OCH3 is 1. The lowest BCUT2D eigenvalue weighted by molar-refractivity contribution is -0.123. The second-order valence-corrected chi connectivity index (χ2v) is 5.98. The highest BCUT2D eigenvalue weighted by Gasteiger charge is 2.16. The van der Waals surface area contributed by atoms with E-state index in [2.05, 4.69) is 4.74 Å². The Morgan fingerprint density at radius 1 is 0.969 bits per heavy atom. The van der Waals surface area contributed by atoms with Crippen molar-refractivity contribution in [3.63, 3.8) is 0 Å². The number of carbonyl (C=O) groups is 4. The van der Waals surface area contributed by atoms with Gasteiger partial charge in [-0.3, -0.25) is 19.7 Å². The summed E-state index contributed by atoms with van der Waals surface area (Å²) in [5.41, 5.74) is 5.02. The summed E-state index contributed by atoms with van der Waals surface area (Å²) in [6.07, 6.45) is 0. The van der Waals surface area contributed by atoms with E-state index >= 15 is 0 Å². The van der Waals surface area contributed by atoms with Crippen LogP contribution in [0.15, 0.2) is 42.5 Å². The summed E-state index contributed by atoms with van der Waals surface area (Å²) >= 11 is 0. The molecule has 170 valence electrons. The highest BCUT2D eigenvalue weighted by Crippen LogP contribution is 2.28. The van der Waals surface area contributed by atoms with Gasteiger partial charge in [0.2, 0.25) is 0 Å². The normalized spacial score (nSPS) is 10.2. The van der Waals surface area contributed by atoms with Crippen molar-refractivity contribution in [2.24, 2.45) is 5.73 Å². The van der Waals surface area contributed by atoms with Crippen LogP contribution in [0.5, 0.6) is 17.2 Å². The molecule has 12 heteroatoms. The molecule has 0 atom stereocenters. The van der Waals surface area contributed by atoms with Gasteiger partial charge >= 0.3 is 12.6 Å². The third-order valence-corrected chi connectivity index (χ3v) is 3.70. The lowest BCUT2D eigenvalue weighted by Gasteiger charge is -2.11. The van der Waals surface area contributed by atoms with Crippen molar-refractivity contribution in [3.8, 4) is 17.2 Å². The van der Waals surface area contributed by atoms with E-state index in [9.17, 15) is 28.0 Å². The summed E-state index contributed by atoms with van der Waals surface area (Å²) in [5, 5.41) is 1.99. The second-order valence-electron chi connectivity index (χ2n) is 5.98. The Labute approximate surface area is 180 Å². The molecule has 0 aromatic heterocycles. The zero-order valence-electron chi connectivity index (χ0n) is 16.6. The SMILES string of the molecule is COc1cc(C(=O)OCC(=O)NC(=O)c2ccc(OC(F)F)cc2)ccc1OCC(N)=O. The van der Waals surface area contributed by atoms with Crippen molar-refractivity contribution in [2.45, 2.75) is 6.61 Å². The van der Waals surface area contributed by atoms with Gasteiger partial charge in [0.1, 0.15) is 5.75 Å². The average molecular weight is 452 g/mol. The summed E-state index contributed by atoms with van der Waals surface area (Å²) in [4.78, 5) is 46.8. The number of benzene rings is 2. The van der Waals surface area contributed by atoms with Gasteiger partial charge in [-0.2, -0.15) is 8.78 Å². The zero-order chi connectivity index (χ0) is 23.7. The zero-order valence-corrected chi connectivity index (χ0v) is 16.6. The number of nitrogens with one attached hydrogen (secondary N) is 1. The molecule has 0 heterocycles. The van der Waals surface area contributed by atoms with Gasteiger partial charge in [0.25, 0.3) is 17.7 Å². The number of halogens is 2. The highest BCUT2D eigenvalue weighted by molar-refractivity contribution is 6.05. The summed E-state index contributed by atoms with van der Waals surface area (Å²) in [7, 11) is 1.31. The summed E-state index contributed by atoms with van der Waals surface area (Å²) in [5.74, 6) is -3.19. The van der Waals surface area contributed by atoms with Gasteiger partial charge in [-0.15, -0.1) is 0 Å². The van der Waals surface area contributed by atoms with E-state index in [4.69, 9.17) is 19.9 Å². The summed E-state index contributed by atoms with van der Waals surface area (Å²) in [6, 6.07) is 8.56. The van der Waals surface area contributed by atoms with E-state index in [1.807, 2.05) is 5.32 Å². The minimum absolute atomic E-state index is 0.00239. The van der Waals surface area contributed by atoms with Crippen molar-refractivity contribution in [3.05, 3.63) is 53.6 Å². The quantitative estimate of drug-likeness (QED) is 0.513. The third kappa shape index (κ3) is 7.23. The average Bonchev–Trinajstić information content (AvgIpc) is 2.75. The van der Waals surface area contributed by atoms with E-state index in [-0.39, 0.29) is 28.4 Å². The molecule has 0 spiro atoms. The van der Waals surface area contributed by atoms with Crippen LogP contribution >= 0.6 is 0 Å². The van der Waals surface area contributed by atoms with Crippen LogP contribution in [0.1, 0.15) is 20.7 Å². The van der Waals surface area contributed by atoms with E-state index in [1.54, 1.807) is 0 Å². The first kappa shape index (κ1) is 24.1. The van der Waals surface area contributed by atoms with Crippen LogP contribution in [0.25, 0.3) is 0 Å². The molecule has 0 aliphatic rings. The standard InChI is InChI=1S/C20H18F2N2O8/c1-29-15-8-12(4-7-14(15)30-9-16(23)25)19(28)31-10-17(26)24-18(27)11-2-5-13(6-3-11)32-20(21)22/h2-8,20H,9-10H2,1H3,(H2,23,25)(H,24,26,27). The number of hydrogen-bond acceptors (Lipinski definition) is 8. The molecule has 0 aliphatic heterocycles. The topological polar surface area (TPSA) is 143 Å². The first-order valence-corrected chi connectivity index (χ1v) is 8.85. The molecule has 0 unspecified atom stereocenters. The maximum absolute atomic E-state index is 12.1. The number of nitrogens with two attached hydrogens (primary N) is 1. The van der Waals surface area contributed by atoms with Crippen LogP contribution in [-0.2, 0) is 14.3 Å². The molecular formula is C20H18F2N2O8. The maximum atomic E-state index is 12.1. The Morgan fingerprint density at radius 3 is 2.22 bits per heavy atom. The number of imide groups is 1. The van der Waals surface area contributed by atoms with Crippen molar-refractivity contribution < 1.29 is 46.9 Å². The molecule has 0 saturated carbocycles. The van der Waals surface area contributed by atoms with Gasteiger partial charge in [0, 0.05) is 5.56 Å². The minimum atomic E-state index is -3.01. The second kappa shape index (κ2) is 11.2. The van der Waals surface area contributed by atoms with Crippen molar-refractivity contribution in [1.82, 2.24) is 5.32 Å². The monoisotopic (exact) mass is 452 g/mol. The lowest BCUT2D eigenvalue weighted by Crippen LogP contribution is -2.34. The molecule has 0 saturated heterocycles. The van der Waals surface area contributed by atoms with Gasteiger partial charge in [-0.25, -0.2) is 4.79 Å². The number of amides is 3. The Hall–Kier alpha value is -4.22. The first-order valence-electron chi connectivity index (χ1n) is 8.85. The molecule has 10 nitrogen and oxygen atoms in total. The number of carbonyl (C=O) groups excluding carboxylic acids is 4. The van der Waals surface area contributed by atoms with Crippen LogP contribution in [0.3, 0.4) is 0 Å². The molecule has 3 amide bonds. The fourth-order valence-corrected chi connectivity index (χ4v) is 2.30. The van der Waals surface area contributed by atoms with Gasteiger partial charge in [0.15, 0.2) is 24.7 Å². The largest absolute Gasteiger partial charge is 0.493 e. The first-order chi connectivity index (χ1) is 15.2. The molecule has 0 bridgehead atoms. The van der Waals surface area contributed by atoms with Crippen LogP contribution in [0, 0.1) is 0 Å². The molecule has 2 aromatic carbocycles. The van der Waals surface area contributed by atoms with Crippen LogP contribution in [0.2, 0.25) is 0 Å². The number of alkyl halides is 2. The number of esters is 1. The molecule has 2 rings (SSSR count). The Bertz CT molecular complexity index is 996. The van der Waals surface area contributed by atoms with Crippen molar-refractivity contribution in [2.75, 3.05) is 20.3 Å². The van der Waals surface area contributed by atoms with E-state index in [0.29, 0.717) is 0 Å². The van der Waals surface area contributed by atoms with Crippen LogP contribution in [0.4, 0.5) is 8.78 Å². The highest BCUT2D eigenvalue weighted by atomic mass is 19.3. The molecule has 32 heavy (non-hydrogen) atoms. The molecule has 0 radical (unpaired) electrons. The lowest BCUT2D eigenvalue weighted by atomic mass is 10.2. The Balaban J connectivity index is 1.90. The number of hydrogen-bond donors (Lipinski definition) is 2. The Kier molecular flexibility index (Phi) is 8.45. The minimum Gasteiger partial charge on any atom is -0.493 e. The van der Waals surface area contributed by atoms with Crippen LogP contribution in [-0.4, -0.2) is 50.6 Å². The van der Waals surface area contributed by atoms with Crippen LogP contribution < -0.4 is 25.3 Å². The molecule has 3 N–H and O–H groups in total. The van der Waals surface area contributed by atoms with E-state index < -0.39 is 43.5 Å². The van der Waals surface area contributed by atoms with Gasteiger partial charge in [-0.1, -0.05) is 0 Å². The Morgan fingerprint density at radius 2 is 1.62 bits per heavy atom. The van der Waals surface area contributed by atoms with Gasteiger partial charge in [0.05, 0.1) is 12.7 Å². The fourth-order valence-electron chi connectivity index (χ4n) is 2.30. The molecule has 2 aromatic rings. The third-order valence-electron chi connectivity index (χ3n) is 3.70. The van der Waals surface area contributed by atoms with Gasteiger partial charge in [-0.05, 0) is 42.5 Å². The summed E-state index contributed by atoms with van der Waals surface area (Å²) in [6.45, 7) is -4.17. The molecular weight excluding hydrogens is 434 g/mol. The van der Waals surface area contributed by atoms with E-state index in [1.165, 1.54) is 37.4 Å². The van der Waals surface area contributed by atoms with E-state index in [0.717, 1.165) is 12.1 Å². The smallest absolute Gasteiger partial charge is 0.387 e. The number of rotatable bonds is 10. The molecule has 0 fully saturated rings. The molecule has 0 aliphatic carbocycles.